The fraction of sp³-hybridized carbons (Fsp3) is 0.154. The summed E-state index contributed by atoms with van der Waals surface area (Å²) in [5.74, 6) is 0. The molecule has 1 aromatic heterocycles. The number of halogens is 1. The molecule has 0 aliphatic rings. The van der Waals surface area contributed by atoms with E-state index in [0.29, 0.717) is 0 Å². The van der Waals surface area contributed by atoms with E-state index in [1.54, 1.807) is 11.8 Å². The number of benzene rings is 1. The molecule has 0 aliphatic carbocycles. The van der Waals surface area contributed by atoms with E-state index in [9.17, 15) is 0 Å². The van der Waals surface area contributed by atoms with E-state index >= 15 is 0 Å². The summed E-state index contributed by atoms with van der Waals surface area (Å²) in [6.45, 7) is 1.95. The van der Waals surface area contributed by atoms with E-state index in [-0.39, 0.29) is 6.04 Å². The second kappa shape index (κ2) is 5.54. The molecule has 0 saturated carbocycles. The minimum atomic E-state index is 0.0251. The lowest BCUT2D eigenvalue weighted by Crippen LogP contribution is -2.04. The van der Waals surface area contributed by atoms with E-state index in [1.165, 1.54) is 0 Å². The van der Waals surface area contributed by atoms with Gasteiger partial charge < -0.3 is 5.73 Å². The predicted octanol–water partition coefficient (Wildman–Crippen LogP) is 3.91. The molecule has 2 nitrogen and oxygen atoms in total. The van der Waals surface area contributed by atoms with Crippen LogP contribution in [-0.2, 0) is 0 Å². The highest BCUT2D eigenvalue weighted by molar-refractivity contribution is 7.99. The Hall–Kier alpha value is -1.03. The van der Waals surface area contributed by atoms with Gasteiger partial charge in [-0.25, -0.2) is 4.98 Å². The molecule has 2 aromatic rings. The van der Waals surface area contributed by atoms with Crippen LogP contribution in [0.5, 0.6) is 0 Å². The standard InChI is InChI=1S/C13H13ClN2S/c1-9(15)10-2-7-13(16-8-10)17-12-5-3-11(14)4-6-12/h2-9H,15H2,1H3/t9-/m1/s1. The smallest absolute Gasteiger partial charge is 0.101 e. The first-order valence-electron chi connectivity index (χ1n) is 5.30. The Morgan fingerprint density at radius 3 is 2.41 bits per heavy atom. The van der Waals surface area contributed by atoms with Crippen molar-refractivity contribution in [3.05, 3.63) is 53.2 Å². The minimum absolute atomic E-state index is 0.0251. The summed E-state index contributed by atoms with van der Waals surface area (Å²) < 4.78 is 0. The average molecular weight is 265 g/mol. The molecule has 0 amide bonds. The first-order chi connectivity index (χ1) is 8.15. The van der Waals surface area contributed by atoms with Gasteiger partial charge in [-0.2, -0.15) is 0 Å². The van der Waals surface area contributed by atoms with Gasteiger partial charge in [-0.3, -0.25) is 0 Å². The van der Waals surface area contributed by atoms with Gasteiger partial charge in [0.05, 0.1) is 0 Å². The topological polar surface area (TPSA) is 38.9 Å². The van der Waals surface area contributed by atoms with Crippen molar-refractivity contribution < 1.29 is 0 Å². The van der Waals surface area contributed by atoms with Crippen molar-refractivity contribution in [3.8, 4) is 0 Å². The van der Waals surface area contributed by atoms with Gasteiger partial charge in [0.2, 0.25) is 0 Å². The molecular weight excluding hydrogens is 252 g/mol. The Bertz CT molecular complexity index is 480. The molecule has 1 heterocycles. The van der Waals surface area contributed by atoms with Crippen LogP contribution in [0.4, 0.5) is 0 Å². The maximum Gasteiger partial charge on any atom is 0.101 e. The van der Waals surface area contributed by atoms with Gasteiger partial charge >= 0.3 is 0 Å². The third-order valence-corrected chi connectivity index (χ3v) is 3.53. The molecule has 2 N–H and O–H groups in total. The molecule has 0 saturated heterocycles. The summed E-state index contributed by atoms with van der Waals surface area (Å²) in [5, 5.41) is 1.70. The highest BCUT2D eigenvalue weighted by Gasteiger charge is 2.02. The number of hydrogen-bond acceptors (Lipinski definition) is 3. The minimum Gasteiger partial charge on any atom is -0.324 e. The van der Waals surface area contributed by atoms with Gasteiger partial charge in [-0.15, -0.1) is 0 Å². The molecule has 0 radical (unpaired) electrons. The van der Waals surface area contributed by atoms with Gasteiger partial charge in [-0.1, -0.05) is 29.4 Å². The van der Waals surface area contributed by atoms with Crippen LogP contribution in [0.2, 0.25) is 5.02 Å². The van der Waals surface area contributed by atoms with Crippen LogP contribution in [0, 0.1) is 0 Å². The summed E-state index contributed by atoms with van der Waals surface area (Å²) in [6, 6.07) is 11.7. The number of nitrogens with two attached hydrogens (primary N) is 1. The van der Waals surface area contributed by atoms with Crippen molar-refractivity contribution in [1.29, 1.82) is 0 Å². The van der Waals surface area contributed by atoms with Crippen molar-refractivity contribution in [1.82, 2.24) is 4.98 Å². The predicted molar refractivity (Wildman–Crippen MR) is 72.4 cm³/mol. The molecule has 1 aromatic carbocycles. The second-order valence-electron chi connectivity index (χ2n) is 3.77. The highest BCUT2D eigenvalue weighted by Crippen LogP contribution is 2.27. The quantitative estimate of drug-likeness (QED) is 0.914. The zero-order valence-electron chi connectivity index (χ0n) is 9.43. The number of hydrogen-bond donors (Lipinski definition) is 1. The molecule has 2 rings (SSSR count). The Morgan fingerprint density at radius 2 is 1.88 bits per heavy atom. The van der Waals surface area contributed by atoms with Gasteiger partial charge in [-0.05, 0) is 42.8 Å². The van der Waals surface area contributed by atoms with Crippen LogP contribution in [-0.4, -0.2) is 4.98 Å². The number of nitrogens with zero attached hydrogens (tertiary/aromatic N) is 1. The molecule has 0 fully saturated rings. The van der Waals surface area contributed by atoms with Gasteiger partial charge in [0.15, 0.2) is 0 Å². The lowest BCUT2D eigenvalue weighted by Gasteiger charge is -2.06. The van der Waals surface area contributed by atoms with Crippen molar-refractivity contribution in [2.45, 2.75) is 22.9 Å². The second-order valence-corrected chi connectivity index (χ2v) is 5.30. The molecule has 88 valence electrons. The largest absolute Gasteiger partial charge is 0.324 e. The Balaban J connectivity index is 2.11. The van der Waals surface area contributed by atoms with Gasteiger partial charge in [0.1, 0.15) is 5.03 Å². The van der Waals surface area contributed by atoms with Crippen LogP contribution in [0.1, 0.15) is 18.5 Å². The average Bonchev–Trinajstić information content (AvgIpc) is 2.33. The first-order valence-corrected chi connectivity index (χ1v) is 6.49. The zero-order valence-corrected chi connectivity index (χ0v) is 11.0. The number of pyridine rings is 1. The fourth-order valence-corrected chi connectivity index (χ4v) is 2.23. The third-order valence-electron chi connectivity index (χ3n) is 2.32. The first kappa shape index (κ1) is 12.4. The number of rotatable bonds is 3. The number of aromatic nitrogens is 1. The zero-order chi connectivity index (χ0) is 12.3. The third kappa shape index (κ3) is 3.46. The summed E-state index contributed by atoms with van der Waals surface area (Å²) in [5.41, 5.74) is 6.82. The van der Waals surface area contributed by atoms with Gasteiger partial charge in [0.25, 0.3) is 0 Å². The maximum atomic E-state index is 5.83. The van der Waals surface area contributed by atoms with Crippen LogP contribution in [0.25, 0.3) is 0 Å². The maximum absolute atomic E-state index is 5.83. The molecular formula is C13H13ClN2S. The molecule has 4 heteroatoms. The lowest BCUT2D eigenvalue weighted by molar-refractivity contribution is 0.806. The van der Waals surface area contributed by atoms with Crippen molar-refractivity contribution in [2.24, 2.45) is 5.73 Å². The molecule has 0 bridgehead atoms. The lowest BCUT2D eigenvalue weighted by atomic mass is 10.2. The molecule has 17 heavy (non-hydrogen) atoms. The summed E-state index contributed by atoms with van der Waals surface area (Å²) in [4.78, 5) is 5.49. The van der Waals surface area contributed by atoms with Crippen LogP contribution in [0.15, 0.2) is 52.5 Å². The van der Waals surface area contributed by atoms with Crippen molar-refractivity contribution in [2.75, 3.05) is 0 Å². The van der Waals surface area contributed by atoms with E-state index < -0.39 is 0 Å². The molecule has 1 atom stereocenters. The molecule has 0 aliphatic heterocycles. The summed E-state index contributed by atoms with van der Waals surface area (Å²) in [6.07, 6.45) is 1.82. The molecule has 0 unspecified atom stereocenters. The van der Waals surface area contributed by atoms with E-state index in [1.807, 2.05) is 49.5 Å². The normalized spacial score (nSPS) is 12.4. The van der Waals surface area contributed by atoms with E-state index in [0.717, 1.165) is 20.5 Å². The van der Waals surface area contributed by atoms with Crippen LogP contribution < -0.4 is 5.73 Å². The van der Waals surface area contributed by atoms with Crippen LogP contribution >= 0.6 is 23.4 Å². The van der Waals surface area contributed by atoms with Crippen LogP contribution in [0.3, 0.4) is 0 Å². The van der Waals surface area contributed by atoms with Gasteiger partial charge in [0, 0.05) is 22.2 Å². The monoisotopic (exact) mass is 264 g/mol. The van der Waals surface area contributed by atoms with Crippen molar-refractivity contribution >= 4 is 23.4 Å². The fourth-order valence-electron chi connectivity index (χ4n) is 1.34. The Morgan fingerprint density at radius 1 is 1.18 bits per heavy atom. The highest BCUT2D eigenvalue weighted by atomic mass is 35.5. The summed E-state index contributed by atoms with van der Waals surface area (Å²) in [7, 11) is 0. The SMILES string of the molecule is C[C@@H](N)c1ccc(Sc2ccc(Cl)cc2)nc1. The van der Waals surface area contributed by atoms with E-state index in [2.05, 4.69) is 4.98 Å². The Kier molecular flexibility index (Phi) is 4.05. The molecule has 0 spiro atoms. The Labute approximate surface area is 110 Å². The summed E-state index contributed by atoms with van der Waals surface area (Å²) >= 11 is 7.44. The van der Waals surface area contributed by atoms with Crippen molar-refractivity contribution in [3.63, 3.8) is 0 Å². The van der Waals surface area contributed by atoms with E-state index in [4.69, 9.17) is 17.3 Å².